The number of ether oxygens (including phenoxy) is 2. The molecular formula is C28H29N3O4. The summed E-state index contributed by atoms with van der Waals surface area (Å²) in [5.74, 6) is -0.0307. The van der Waals surface area contributed by atoms with Gasteiger partial charge >= 0.3 is 5.97 Å². The van der Waals surface area contributed by atoms with Crippen molar-refractivity contribution in [2.75, 3.05) is 14.2 Å². The maximum Gasteiger partial charge on any atom is 0.340 e. The van der Waals surface area contributed by atoms with E-state index in [1.54, 1.807) is 37.4 Å². The summed E-state index contributed by atoms with van der Waals surface area (Å²) < 4.78 is 12.7. The van der Waals surface area contributed by atoms with Crippen LogP contribution in [-0.4, -0.2) is 40.5 Å². The third kappa shape index (κ3) is 4.37. The average Bonchev–Trinajstić information content (AvgIpc) is 3.26. The molecule has 0 atom stereocenters. The number of rotatable bonds is 6. The van der Waals surface area contributed by atoms with Gasteiger partial charge in [-0.1, -0.05) is 12.1 Å². The highest BCUT2D eigenvalue weighted by atomic mass is 16.5. The molecule has 1 aromatic carbocycles. The number of aromatic nitrogens is 2. The molecule has 4 rings (SSSR count). The first kappa shape index (κ1) is 24.0. The van der Waals surface area contributed by atoms with Crippen molar-refractivity contribution in [1.82, 2.24) is 14.5 Å². The fourth-order valence-electron chi connectivity index (χ4n) is 4.53. The molecule has 3 aromatic rings. The molecule has 2 aromatic heterocycles. The topological polar surface area (TPSA) is 73.7 Å². The summed E-state index contributed by atoms with van der Waals surface area (Å²) in [5.41, 5.74) is 6.80. The molecular weight excluding hydrogens is 442 g/mol. The molecule has 7 nitrogen and oxygen atoms in total. The van der Waals surface area contributed by atoms with Crippen LogP contribution in [0.15, 0.2) is 65.6 Å². The van der Waals surface area contributed by atoms with E-state index in [0.29, 0.717) is 17.8 Å². The van der Waals surface area contributed by atoms with Gasteiger partial charge in [-0.2, -0.15) is 0 Å². The van der Waals surface area contributed by atoms with Gasteiger partial charge in [0.15, 0.2) is 0 Å². The summed E-state index contributed by atoms with van der Waals surface area (Å²) in [5, 5.41) is 0. The molecule has 1 aliphatic rings. The molecule has 0 unspecified atom stereocenters. The van der Waals surface area contributed by atoms with Crippen LogP contribution in [0.5, 0.6) is 5.75 Å². The molecule has 0 spiro atoms. The van der Waals surface area contributed by atoms with Crippen molar-refractivity contribution in [1.29, 1.82) is 0 Å². The van der Waals surface area contributed by atoms with E-state index in [1.807, 2.05) is 51.1 Å². The third-order valence-corrected chi connectivity index (χ3v) is 6.31. The first-order chi connectivity index (χ1) is 16.8. The van der Waals surface area contributed by atoms with Crippen molar-refractivity contribution in [2.24, 2.45) is 0 Å². The van der Waals surface area contributed by atoms with E-state index in [-0.39, 0.29) is 11.5 Å². The Balaban J connectivity index is 1.81. The second-order valence-electron chi connectivity index (χ2n) is 8.60. The molecule has 1 amide bonds. The number of amides is 1. The zero-order chi connectivity index (χ0) is 25.3. The quantitative estimate of drug-likeness (QED) is 0.386. The van der Waals surface area contributed by atoms with Gasteiger partial charge in [-0.15, -0.1) is 0 Å². The standard InChI is InChI=1S/C28H29N3O4/c1-17-9-10-25(34-5)24(12-17)31-18(2)13-22(19(31)3)14-23-26(28(33)35-6)20(4)30(27(23)32)16-21-8-7-11-29-15-21/h7-15H,16H2,1-6H3/b23-14-. The monoisotopic (exact) mass is 471 g/mol. The van der Waals surface area contributed by atoms with Gasteiger partial charge in [0.05, 0.1) is 37.6 Å². The molecule has 3 heterocycles. The first-order valence-electron chi connectivity index (χ1n) is 11.3. The molecule has 0 saturated heterocycles. The zero-order valence-electron chi connectivity index (χ0n) is 20.9. The minimum atomic E-state index is -0.537. The molecule has 0 fully saturated rings. The van der Waals surface area contributed by atoms with E-state index >= 15 is 0 Å². The number of pyridine rings is 1. The number of hydrogen-bond donors (Lipinski definition) is 0. The minimum Gasteiger partial charge on any atom is -0.495 e. The number of carbonyl (C=O) groups excluding carboxylic acids is 2. The van der Waals surface area contributed by atoms with Crippen LogP contribution in [0.4, 0.5) is 0 Å². The van der Waals surface area contributed by atoms with Crippen LogP contribution in [0.3, 0.4) is 0 Å². The smallest absolute Gasteiger partial charge is 0.340 e. The van der Waals surface area contributed by atoms with Gasteiger partial charge in [0.25, 0.3) is 5.91 Å². The van der Waals surface area contributed by atoms with Gasteiger partial charge in [-0.05, 0) is 74.7 Å². The maximum atomic E-state index is 13.5. The first-order valence-corrected chi connectivity index (χ1v) is 11.3. The van der Waals surface area contributed by atoms with Crippen LogP contribution in [-0.2, 0) is 20.9 Å². The van der Waals surface area contributed by atoms with E-state index in [0.717, 1.165) is 39.5 Å². The average molecular weight is 472 g/mol. The lowest BCUT2D eigenvalue weighted by Crippen LogP contribution is -2.24. The van der Waals surface area contributed by atoms with E-state index < -0.39 is 5.97 Å². The zero-order valence-corrected chi connectivity index (χ0v) is 20.9. The summed E-state index contributed by atoms with van der Waals surface area (Å²) in [6.45, 7) is 8.11. The number of hydrogen-bond acceptors (Lipinski definition) is 5. The van der Waals surface area contributed by atoms with Crippen molar-refractivity contribution in [2.45, 2.75) is 34.2 Å². The highest BCUT2D eigenvalue weighted by Gasteiger charge is 2.37. The number of carbonyl (C=O) groups is 2. The summed E-state index contributed by atoms with van der Waals surface area (Å²) in [6.07, 6.45) is 5.17. The van der Waals surface area contributed by atoms with Crippen molar-refractivity contribution in [3.8, 4) is 11.4 Å². The SMILES string of the molecule is COC(=O)C1=C(C)N(Cc2cccnc2)C(=O)/C1=C\c1cc(C)n(-c2cc(C)ccc2OC)c1C. The highest BCUT2D eigenvalue weighted by Crippen LogP contribution is 2.35. The molecule has 0 radical (unpaired) electrons. The largest absolute Gasteiger partial charge is 0.495 e. The van der Waals surface area contributed by atoms with Crippen LogP contribution < -0.4 is 4.74 Å². The van der Waals surface area contributed by atoms with Gasteiger partial charge in [-0.3, -0.25) is 9.78 Å². The molecule has 0 bridgehead atoms. The van der Waals surface area contributed by atoms with Crippen molar-refractivity contribution >= 4 is 18.0 Å². The Hall–Kier alpha value is -4.13. The number of methoxy groups -OCH3 is 2. The van der Waals surface area contributed by atoms with Gasteiger partial charge < -0.3 is 18.9 Å². The van der Waals surface area contributed by atoms with E-state index in [4.69, 9.17) is 9.47 Å². The Morgan fingerprint density at radius 1 is 1.09 bits per heavy atom. The van der Waals surface area contributed by atoms with E-state index in [9.17, 15) is 9.59 Å². The van der Waals surface area contributed by atoms with Crippen molar-refractivity contribution in [3.63, 3.8) is 0 Å². The van der Waals surface area contributed by atoms with Crippen LogP contribution >= 0.6 is 0 Å². The van der Waals surface area contributed by atoms with Crippen molar-refractivity contribution < 1.29 is 19.1 Å². The van der Waals surface area contributed by atoms with Gasteiger partial charge in [0.1, 0.15) is 5.75 Å². The normalized spacial score (nSPS) is 14.7. The molecule has 35 heavy (non-hydrogen) atoms. The lowest BCUT2D eigenvalue weighted by molar-refractivity contribution is -0.136. The molecule has 0 aliphatic carbocycles. The summed E-state index contributed by atoms with van der Waals surface area (Å²) in [4.78, 5) is 32.0. The third-order valence-electron chi connectivity index (χ3n) is 6.31. The number of allylic oxidation sites excluding steroid dienone is 1. The molecule has 0 saturated carbocycles. The number of nitrogens with zero attached hydrogens (tertiary/aromatic N) is 3. The Kier molecular flexibility index (Phi) is 6.60. The van der Waals surface area contributed by atoms with Gasteiger partial charge in [-0.25, -0.2) is 4.79 Å². The number of benzene rings is 1. The summed E-state index contributed by atoms with van der Waals surface area (Å²) >= 11 is 0. The Morgan fingerprint density at radius 3 is 2.51 bits per heavy atom. The van der Waals surface area contributed by atoms with Gasteiger partial charge in [0.2, 0.25) is 0 Å². The van der Waals surface area contributed by atoms with Crippen LogP contribution in [0, 0.1) is 20.8 Å². The highest BCUT2D eigenvalue weighted by molar-refractivity contribution is 6.16. The Morgan fingerprint density at radius 2 is 1.86 bits per heavy atom. The summed E-state index contributed by atoms with van der Waals surface area (Å²) in [7, 11) is 2.97. The fraction of sp³-hybridized carbons (Fsp3) is 0.250. The molecule has 0 N–H and O–H groups in total. The van der Waals surface area contributed by atoms with E-state index in [1.165, 1.54) is 7.11 Å². The second kappa shape index (κ2) is 9.62. The van der Waals surface area contributed by atoms with Crippen LogP contribution in [0.2, 0.25) is 0 Å². The molecule has 1 aliphatic heterocycles. The lowest BCUT2D eigenvalue weighted by atomic mass is 10.0. The second-order valence-corrected chi connectivity index (χ2v) is 8.60. The fourth-order valence-corrected chi connectivity index (χ4v) is 4.53. The number of aryl methyl sites for hydroxylation is 2. The van der Waals surface area contributed by atoms with Crippen LogP contribution in [0.25, 0.3) is 11.8 Å². The van der Waals surface area contributed by atoms with Crippen molar-refractivity contribution in [3.05, 3.63) is 93.7 Å². The molecule has 7 heteroatoms. The predicted molar refractivity (Wildman–Crippen MR) is 134 cm³/mol. The van der Waals surface area contributed by atoms with E-state index in [2.05, 4.69) is 15.6 Å². The maximum absolute atomic E-state index is 13.5. The summed E-state index contributed by atoms with van der Waals surface area (Å²) in [6, 6.07) is 11.7. The number of esters is 1. The van der Waals surface area contributed by atoms with Crippen LogP contribution in [0.1, 0.15) is 35.0 Å². The Bertz CT molecular complexity index is 1370. The predicted octanol–water partition coefficient (Wildman–Crippen LogP) is 4.68. The van der Waals surface area contributed by atoms with Gasteiger partial charge in [0, 0.05) is 29.5 Å². The molecule has 180 valence electrons. The lowest BCUT2D eigenvalue weighted by Gasteiger charge is -2.17. The Labute approximate surface area is 205 Å². The minimum absolute atomic E-state index is 0.246.